The molecule has 30 heavy (non-hydrogen) atoms. The van der Waals surface area contributed by atoms with Gasteiger partial charge in [-0.3, -0.25) is 0 Å². The monoisotopic (exact) mass is 410 g/mol. The Morgan fingerprint density at radius 2 is 1.90 bits per heavy atom. The van der Waals surface area contributed by atoms with E-state index >= 15 is 0 Å². The number of likely N-dealkylation sites (tertiary alicyclic amines) is 1. The van der Waals surface area contributed by atoms with Gasteiger partial charge < -0.3 is 15.4 Å². The Labute approximate surface area is 184 Å². The van der Waals surface area contributed by atoms with Crippen LogP contribution in [-0.2, 0) is 0 Å². The number of ether oxygens (including phenoxy) is 1. The molecule has 2 N–H and O–H groups in total. The van der Waals surface area contributed by atoms with Crippen LogP contribution in [0.25, 0.3) is 6.08 Å². The normalized spacial score (nSPS) is 22.4. The molecule has 0 amide bonds. The van der Waals surface area contributed by atoms with E-state index in [1.165, 1.54) is 43.5 Å². The Hall–Kier alpha value is -2.00. The SMILES string of the molecule is C=Cc1c(N)cccc1OCCCN1CCC(C2(C)C=C(C)C(C)=CC2)CC1.CC. The molecule has 1 aliphatic carbocycles. The quantitative estimate of drug-likeness (QED) is 0.400. The molecular formula is C27H42N2O. The second-order valence-corrected chi connectivity index (χ2v) is 8.71. The van der Waals surface area contributed by atoms with Gasteiger partial charge in [-0.15, -0.1) is 0 Å². The Morgan fingerprint density at radius 1 is 1.20 bits per heavy atom. The largest absolute Gasteiger partial charge is 0.493 e. The minimum atomic E-state index is 0.340. The molecule has 0 bridgehead atoms. The number of anilines is 1. The molecule has 3 nitrogen and oxygen atoms in total. The second-order valence-electron chi connectivity index (χ2n) is 8.71. The van der Waals surface area contributed by atoms with Gasteiger partial charge in [-0.25, -0.2) is 0 Å². The van der Waals surface area contributed by atoms with Crippen LogP contribution in [0.3, 0.4) is 0 Å². The lowest BCUT2D eigenvalue weighted by atomic mass is 9.67. The van der Waals surface area contributed by atoms with Gasteiger partial charge in [0.25, 0.3) is 0 Å². The van der Waals surface area contributed by atoms with Crippen LogP contribution >= 0.6 is 0 Å². The van der Waals surface area contributed by atoms with E-state index in [1.807, 2.05) is 32.0 Å². The highest BCUT2D eigenvalue weighted by Gasteiger charge is 2.35. The molecule has 0 saturated carbocycles. The minimum Gasteiger partial charge on any atom is -0.493 e. The molecule has 0 radical (unpaired) electrons. The van der Waals surface area contributed by atoms with Gasteiger partial charge >= 0.3 is 0 Å². The molecule has 3 heteroatoms. The lowest BCUT2D eigenvalue weighted by Crippen LogP contribution is -2.40. The molecule has 1 aromatic rings. The molecule has 1 unspecified atom stereocenters. The molecule has 1 aliphatic heterocycles. The zero-order valence-corrected chi connectivity index (χ0v) is 19.8. The average molecular weight is 411 g/mol. The molecule has 1 aromatic carbocycles. The first-order chi connectivity index (χ1) is 14.4. The van der Waals surface area contributed by atoms with Crippen LogP contribution in [0.4, 0.5) is 5.69 Å². The highest BCUT2D eigenvalue weighted by atomic mass is 16.5. The lowest BCUT2D eigenvalue weighted by molar-refractivity contribution is 0.113. The lowest BCUT2D eigenvalue weighted by Gasteiger charge is -2.42. The van der Waals surface area contributed by atoms with Crippen LogP contribution in [0.5, 0.6) is 5.75 Å². The molecule has 1 heterocycles. The predicted octanol–water partition coefficient (Wildman–Crippen LogP) is 6.72. The number of hydrogen-bond donors (Lipinski definition) is 1. The van der Waals surface area contributed by atoms with Crippen molar-refractivity contribution in [3.63, 3.8) is 0 Å². The van der Waals surface area contributed by atoms with Crippen molar-refractivity contribution in [3.8, 4) is 5.75 Å². The molecule has 0 spiro atoms. The van der Waals surface area contributed by atoms with Crippen molar-refractivity contribution in [1.82, 2.24) is 4.90 Å². The summed E-state index contributed by atoms with van der Waals surface area (Å²) in [6, 6.07) is 5.78. The Morgan fingerprint density at radius 3 is 2.53 bits per heavy atom. The molecular weight excluding hydrogens is 368 g/mol. The average Bonchev–Trinajstić information content (AvgIpc) is 2.76. The number of allylic oxidation sites excluding steroid dienone is 4. The second kappa shape index (κ2) is 11.4. The zero-order valence-electron chi connectivity index (χ0n) is 19.8. The van der Waals surface area contributed by atoms with E-state index in [9.17, 15) is 0 Å². The van der Waals surface area contributed by atoms with Crippen LogP contribution in [0.1, 0.15) is 65.9 Å². The number of nitrogen functional groups attached to an aromatic ring is 1. The van der Waals surface area contributed by atoms with Gasteiger partial charge in [0, 0.05) is 17.8 Å². The van der Waals surface area contributed by atoms with E-state index in [-0.39, 0.29) is 0 Å². The predicted molar refractivity (Wildman–Crippen MR) is 132 cm³/mol. The van der Waals surface area contributed by atoms with E-state index in [4.69, 9.17) is 10.5 Å². The van der Waals surface area contributed by atoms with Crippen LogP contribution in [0.2, 0.25) is 0 Å². The van der Waals surface area contributed by atoms with E-state index in [2.05, 4.69) is 44.4 Å². The third-order valence-corrected chi connectivity index (χ3v) is 6.72. The fraction of sp³-hybridized carbons (Fsp3) is 0.556. The summed E-state index contributed by atoms with van der Waals surface area (Å²) in [5.41, 5.74) is 10.9. The summed E-state index contributed by atoms with van der Waals surface area (Å²) in [4.78, 5) is 2.59. The van der Waals surface area contributed by atoms with Crippen LogP contribution in [-0.4, -0.2) is 31.1 Å². The summed E-state index contributed by atoms with van der Waals surface area (Å²) in [7, 11) is 0. The van der Waals surface area contributed by atoms with Gasteiger partial charge in [-0.2, -0.15) is 0 Å². The fourth-order valence-electron chi connectivity index (χ4n) is 4.68. The number of nitrogens with zero attached hydrogens (tertiary/aromatic N) is 1. The molecule has 1 fully saturated rings. The number of hydrogen-bond acceptors (Lipinski definition) is 3. The molecule has 3 rings (SSSR count). The number of benzene rings is 1. The third-order valence-electron chi connectivity index (χ3n) is 6.72. The smallest absolute Gasteiger partial charge is 0.128 e. The third kappa shape index (κ3) is 6.01. The molecule has 0 aromatic heterocycles. The van der Waals surface area contributed by atoms with Crippen molar-refractivity contribution < 1.29 is 4.74 Å². The standard InChI is InChI=1S/C25H36N2O.C2H6/c1-5-22-23(26)8-6-9-24(22)28-17-7-14-27-15-11-21(12-16-27)25(4)13-10-19(2)20(3)18-25;1-2/h5-6,8-10,18,21H,1,7,11-17,26H2,2-4H3;1-2H3. The highest BCUT2D eigenvalue weighted by Crippen LogP contribution is 2.43. The Bertz CT molecular complexity index is 756. The van der Waals surface area contributed by atoms with Gasteiger partial charge in [0.15, 0.2) is 0 Å². The molecule has 166 valence electrons. The van der Waals surface area contributed by atoms with Crippen molar-refractivity contribution in [2.24, 2.45) is 11.3 Å². The zero-order chi connectivity index (χ0) is 22.1. The van der Waals surface area contributed by atoms with Gasteiger partial charge in [-0.05, 0) is 76.1 Å². The minimum absolute atomic E-state index is 0.340. The van der Waals surface area contributed by atoms with Gasteiger partial charge in [0.2, 0.25) is 0 Å². The fourth-order valence-corrected chi connectivity index (χ4v) is 4.68. The Balaban J connectivity index is 0.00000155. The molecule has 2 aliphatic rings. The van der Waals surface area contributed by atoms with Gasteiger partial charge in [0.1, 0.15) is 5.75 Å². The highest BCUT2D eigenvalue weighted by molar-refractivity contribution is 5.69. The van der Waals surface area contributed by atoms with Crippen LogP contribution in [0, 0.1) is 11.3 Å². The first-order valence-corrected chi connectivity index (χ1v) is 11.7. The maximum absolute atomic E-state index is 5.99. The van der Waals surface area contributed by atoms with Gasteiger partial charge in [-0.1, -0.05) is 62.8 Å². The molecule has 1 atom stereocenters. The van der Waals surface area contributed by atoms with Crippen LogP contribution < -0.4 is 10.5 Å². The van der Waals surface area contributed by atoms with Crippen molar-refractivity contribution in [2.75, 3.05) is 32.0 Å². The summed E-state index contributed by atoms with van der Waals surface area (Å²) < 4.78 is 5.96. The maximum Gasteiger partial charge on any atom is 0.128 e. The van der Waals surface area contributed by atoms with E-state index in [1.54, 1.807) is 6.08 Å². The van der Waals surface area contributed by atoms with Crippen molar-refractivity contribution in [2.45, 2.75) is 60.3 Å². The van der Waals surface area contributed by atoms with Crippen molar-refractivity contribution in [1.29, 1.82) is 0 Å². The number of nitrogens with two attached hydrogens (primary N) is 1. The maximum atomic E-state index is 5.99. The van der Waals surface area contributed by atoms with Crippen molar-refractivity contribution >= 4 is 11.8 Å². The summed E-state index contributed by atoms with van der Waals surface area (Å²) >= 11 is 0. The first kappa shape index (κ1) is 24.3. The van der Waals surface area contributed by atoms with E-state index in [0.717, 1.165) is 35.9 Å². The summed E-state index contributed by atoms with van der Waals surface area (Å²) in [5, 5.41) is 0. The first-order valence-electron chi connectivity index (χ1n) is 11.7. The van der Waals surface area contributed by atoms with E-state index in [0.29, 0.717) is 12.0 Å². The summed E-state index contributed by atoms with van der Waals surface area (Å²) in [6.45, 7) is 19.0. The summed E-state index contributed by atoms with van der Waals surface area (Å²) in [6.07, 6.45) is 11.6. The Kier molecular flexibility index (Phi) is 9.23. The molecule has 1 saturated heterocycles. The van der Waals surface area contributed by atoms with Gasteiger partial charge in [0.05, 0.1) is 6.61 Å². The topological polar surface area (TPSA) is 38.5 Å². The van der Waals surface area contributed by atoms with Crippen molar-refractivity contribution in [3.05, 3.63) is 53.6 Å². The number of piperidine rings is 1. The van der Waals surface area contributed by atoms with Crippen LogP contribution in [0.15, 0.2) is 48.1 Å². The van der Waals surface area contributed by atoms with E-state index < -0.39 is 0 Å². The summed E-state index contributed by atoms with van der Waals surface area (Å²) in [5.74, 6) is 1.63. The number of rotatable bonds is 7.